The Bertz CT molecular complexity index is 678. The van der Waals surface area contributed by atoms with Gasteiger partial charge in [-0.2, -0.15) is 0 Å². The monoisotopic (exact) mass is 237 g/mol. The quantitative estimate of drug-likeness (QED) is 0.722. The third-order valence-corrected chi connectivity index (χ3v) is 2.93. The maximum Gasteiger partial charge on any atom is 0.332 e. The number of aromatic nitrogens is 4. The molecule has 0 spiro atoms. The van der Waals surface area contributed by atoms with Crippen molar-refractivity contribution in [2.24, 2.45) is 19.8 Å². The highest BCUT2D eigenvalue weighted by Crippen LogP contribution is 2.05. The third kappa shape index (κ3) is 1.50. The van der Waals surface area contributed by atoms with Gasteiger partial charge in [0.2, 0.25) is 0 Å². The van der Waals surface area contributed by atoms with Gasteiger partial charge in [0.25, 0.3) is 5.56 Å². The summed E-state index contributed by atoms with van der Waals surface area (Å²) < 4.78 is 4.14. The third-order valence-electron chi connectivity index (χ3n) is 2.93. The van der Waals surface area contributed by atoms with Gasteiger partial charge in [-0.25, -0.2) is 9.78 Å². The molecule has 0 saturated carbocycles. The lowest BCUT2D eigenvalue weighted by Crippen LogP contribution is -2.43. The van der Waals surface area contributed by atoms with Gasteiger partial charge in [0.05, 0.1) is 12.4 Å². The smallest absolute Gasteiger partial charge is 0.328 e. The normalized spacial score (nSPS) is 13.2. The zero-order valence-electron chi connectivity index (χ0n) is 10.0. The molecule has 2 N–H and O–H groups in total. The van der Waals surface area contributed by atoms with E-state index in [-0.39, 0.29) is 23.8 Å². The van der Waals surface area contributed by atoms with Crippen molar-refractivity contribution in [1.82, 2.24) is 18.7 Å². The minimum Gasteiger partial charge on any atom is -0.328 e. The van der Waals surface area contributed by atoms with E-state index in [1.807, 2.05) is 0 Å². The first-order valence-electron chi connectivity index (χ1n) is 5.31. The molecular weight excluding hydrogens is 222 g/mol. The summed E-state index contributed by atoms with van der Waals surface area (Å²) in [6.07, 6.45) is 1.52. The molecule has 1 unspecified atom stereocenters. The first kappa shape index (κ1) is 11.6. The fourth-order valence-electron chi connectivity index (χ4n) is 1.86. The summed E-state index contributed by atoms with van der Waals surface area (Å²) in [5, 5.41) is 0. The van der Waals surface area contributed by atoms with Gasteiger partial charge in [0, 0.05) is 20.6 Å². The lowest BCUT2D eigenvalue weighted by molar-refractivity contribution is 0.501. The van der Waals surface area contributed by atoms with Crippen molar-refractivity contribution in [3.63, 3.8) is 0 Å². The van der Waals surface area contributed by atoms with Crippen LogP contribution in [0.5, 0.6) is 0 Å². The fourth-order valence-corrected chi connectivity index (χ4v) is 1.86. The largest absolute Gasteiger partial charge is 0.332 e. The van der Waals surface area contributed by atoms with Crippen LogP contribution in [0, 0.1) is 0 Å². The van der Waals surface area contributed by atoms with Crippen molar-refractivity contribution in [3.05, 3.63) is 27.2 Å². The van der Waals surface area contributed by atoms with E-state index in [2.05, 4.69) is 4.98 Å². The van der Waals surface area contributed by atoms with Crippen LogP contribution >= 0.6 is 0 Å². The second-order valence-electron chi connectivity index (χ2n) is 4.13. The summed E-state index contributed by atoms with van der Waals surface area (Å²) in [7, 11) is 3.31. The lowest BCUT2D eigenvalue weighted by Gasteiger charge is -2.13. The maximum atomic E-state index is 12.2. The van der Waals surface area contributed by atoms with E-state index in [9.17, 15) is 9.59 Å². The number of rotatable bonds is 2. The van der Waals surface area contributed by atoms with E-state index in [1.165, 1.54) is 15.5 Å². The van der Waals surface area contributed by atoms with E-state index in [1.54, 1.807) is 25.6 Å². The molecule has 0 saturated heterocycles. The van der Waals surface area contributed by atoms with Gasteiger partial charge < -0.3 is 10.3 Å². The van der Waals surface area contributed by atoms with Crippen LogP contribution in [0.4, 0.5) is 0 Å². The van der Waals surface area contributed by atoms with Crippen molar-refractivity contribution < 1.29 is 0 Å². The van der Waals surface area contributed by atoms with Crippen LogP contribution in [-0.4, -0.2) is 25.2 Å². The number of hydrogen-bond acceptors (Lipinski definition) is 4. The molecule has 2 aromatic rings. The van der Waals surface area contributed by atoms with Crippen LogP contribution < -0.4 is 17.0 Å². The summed E-state index contributed by atoms with van der Waals surface area (Å²) in [5.74, 6) is 0. The van der Waals surface area contributed by atoms with Gasteiger partial charge in [-0.1, -0.05) is 0 Å². The van der Waals surface area contributed by atoms with Crippen LogP contribution in [0.2, 0.25) is 0 Å². The van der Waals surface area contributed by atoms with E-state index in [4.69, 9.17) is 5.73 Å². The van der Waals surface area contributed by atoms with Gasteiger partial charge in [-0.3, -0.25) is 13.9 Å². The molecule has 0 bridgehead atoms. The number of fused-ring (bicyclic) bond motifs is 1. The SMILES string of the molecule is CC(CN)n1c(=O)c2c(ncn2C)n(C)c1=O. The standard InChI is InChI=1S/C10H15N5O2/c1-6(4-11)15-9(16)7-8(12-5-13(7)2)14(3)10(15)17/h5-6H,4,11H2,1-3H3. The van der Waals surface area contributed by atoms with Gasteiger partial charge in [-0.05, 0) is 6.92 Å². The molecule has 0 aliphatic carbocycles. The molecule has 0 amide bonds. The van der Waals surface area contributed by atoms with Crippen LogP contribution in [-0.2, 0) is 14.1 Å². The Hall–Kier alpha value is -1.89. The molecule has 2 rings (SSSR count). The van der Waals surface area contributed by atoms with Gasteiger partial charge >= 0.3 is 5.69 Å². The highest BCUT2D eigenvalue weighted by atomic mass is 16.2. The number of aryl methyl sites for hydroxylation is 2. The average Bonchev–Trinajstić information content (AvgIpc) is 2.68. The Morgan fingerprint density at radius 2 is 2.06 bits per heavy atom. The molecule has 2 aromatic heterocycles. The fraction of sp³-hybridized carbons (Fsp3) is 0.500. The first-order valence-corrected chi connectivity index (χ1v) is 5.31. The van der Waals surface area contributed by atoms with E-state index >= 15 is 0 Å². The zero-order valence-corrected chi connectivity index (χ0v) is 10.0. The zero-order chi connectivity index (χ0) is 12.7. The average molecular weight is 237 g/mol. The summed E-state index contributed by atoms with van der Waals surface area (Å²) in [4.78, 5) is 28.3. The minimum absolute atomic E-state index is 0.235. The molecule has 0 aromatic carbocycles. The van der Waals surface area contributed by atoms with Crippen molar-refractivity contribution in [2.45, 2.75) is 13.0 Å². The van der Waals surface area contributed by atoms with Gasteiger partial charge in [0.15, 0.2) is 11.2 Å². The molecule has 1 atom stereocenters. The predicted octanol–water partition coefficient (Wildman–Crippen LogP) is -1.05. The van der Waals surface area contributed by atoms with Crippen LogP contribution in [0.1, 0.15) is 13.0 Å². The topological polar surface area (TPSA) is 87.8 Å². The van der Waals surface area contributed by atoms with Crippen molar-refractivity contribution in [2.75, 3.05) is 6.54 Å². The van der Waals surface area contributed by atoms with Crippen LogP contribution in [0.3, 0.4) is 0 Å². The Kier molecular flexibility index (Phi) is 2.62. The first-order chi connectivity index (χ1) is 7.99. The van der Waals surface area contributed by atoms with Gasteiger partial charge in [0.1, 0.15) is 0 Å². The van der Waals surface area contributed by atoms with E-state index in [0.29, 0.717) is 11.2 Å². The summed E-state index contributed by atoms with van der Waals surface area (Å²) in [6.45, 7) is 1.98. The van der Waals surface area contributed by atoms with Crippen LogP contribution in [0.15, 0.2) is 15.9 Å². The number of imidazole rings is 1. The highest BCUT2D eigenvalue weighted by molar-refractivity contribution is 5.69. The van der Waals surface area contributed by atoms with Crippen molar-refractivity contribution >= 4 is 11.2 Å². The molecular formula is C10H15N5O2. The molecule has 0 aliphatic heterocycles. The number of nitrogens with two attached hydrogens (primary N) is 1. The molecule has 0 radical (unpaired) electrons. The molecule has 0 fully saturated rings. The maximum absolute atomic E-state index is 12.2. The Labute approximate surface area is 97.1 Å². The number of hydrogen-bond donors (Lipinski definition) is 1. The minimum atomic E-state index is -0.390. The highest BCUT2D eigenvalue weighted by Gasteiger charge is 2.17. The summed E-state index contributed by atoms with van der Waals surface area (Å²) in [6, 6.07) is -0.333. The molecule has 7 heteroatoms. The summed E-state index contributed by atoms with van der Waals surface area (Å²) in [5.41, 5.74) is 5.58. The second-order valence-corrected chi connectivity index (χ2v) is 4.13. The predicted molar refractivity (Wildman–Crippen MR) is 64.0 cm³/mol. The second kappa shape index (κ2) is 3.85. The summed E-state index contributed by atoms with van der Waals surface area (Å²) >= 11 is 0. The van der Waals surface area contributed by atoms with E-state index < -0.39 is 0 Å². The van der Waals surface area contributed by atoms with Crippen molar-refractivity contribution in [3.8, 4) is 0 Å². The number of nitrogens with zero attached hydrogens (tertiary/aromatic N) is 4. The molecule has 2 heterocycles. The van der Waals surface area contributed by atoms with Crippen molar-refractivity contribution in [1.29, 1.82) is 0 Å². The molecule has 0 aliphatic rings. The molecule has 92 valence electrons. The Morgan fingerprint density at radius 1 is 1.41 bits per heavy atom. The molecule has 7 nitrogen and oxygen atoms in total. The Morgan fingerprint density at radius 3 is 2.65 bits per heavy atom. The Balaban J connectivity index is 3.00. The van der Waals surface area contributed by atoms with Crippen LogP contribution in [0.25, 0.3) is 11.2 Å². The lowest BCUT2D eigenvalue weighted by atomic mass is 10.3. The van der Waals surface area contributed by atoms with E-state index in [0.717, 1.165) is 0 Å². The van der Waals surface area contributed by atoms with Gasteiger partial charge in [-0.15, -0.1) is 0 Å². The molecule has 17 heavy (non-hydrogen) atoms.